The molecule has 0 bridgehead atoms. The Bertz CT molecular complexity index is 1270. The summed E-state index contributed by atoms with van der Waals surface area (Å²) in [6.45, 7) is 4.03. The van der Waals surface area contributed by atoms with Crippen LogP contribution in [0, 0.1) is 13.8 Å². The Morgan fingerprint density at radius 3 is 2.50 bits per heavy atom. The fourth-order valence-electron chi connectivity index (χ4n) is 4.32. The zero-order chi connectivity index (χ0) is 20.7. The number of aryl methyl sites for hydroxylation is 2. The van der Waals surface area contributed by atoms with E-state index < -0.39 is 0 Å². The number of nitrogens with one attached hydrogen (secondary N) is 1. The van der Waals surface area contributed by atoms with Crippen LogP contribution in [0.15, 0.2) is 53.5 Å². The molecule has 7 nitrogen and oxygen atoms in total. The lowest BCUT2D eigenvalue weighted by Gasteiger charge is -2.16. The minimum absolute atomic E-state index is 0.00767. The number of rotatable bonds is 4. The summed E-state index contributed by atoms with van der Waals surface area (Å²) in [7, 11) is 0. The van der Waals surface area contributed by atoms with E-state index in [9.17, 15) is 4.79 Å². The minimum Gasteiger partial charge on any atom is -0.324 e. The summed E-state index contributed by atoms with van der Waals surface area (Å²) < 4.78 is 3.77. The van der Waals surface area contributed by atoms with Gasteiger partial charge in [0.25, 0.3) is 5.56 Å². The summed E-state index contributed by atoms with van der Waals surface area (Å²) in [4.78, 5) is 21.7. The smallest absolute Gasteiger partial charge is 0.252 e. The highest BCUT2D eigenvalue weighted by Crippen LogP contribution is 2.30. The molecule has 0 spiro atoms. The van der Waals surface area contributed by atoms with Gasteiger partial charge < -0.3 is 5.32 Å². The summed E-state index contributed by atoms with van der Waals surface area (Å²) in [6.07, 6.45) is 6.15. The van der Waals surface area contributed by atoms with Crippen LogP contribution in [0.1, 0.15) is 43.1 Å². The van der Waals surface area contributed by atoms with Gasteiger partial charge in [-0.3, -0.25) is 9.36 Å². The maximum atomic E-state index is 12.6. The maximum Gasteiger partial charge on any atom is 0.252 e. The highest BCUT2D eigenvalue weighted by molar-refractivity contribution is 5.75. The summed E-state index contributed by atoms with van der Waals surface area (Å²) in [5.41, 5.74) is 4.67. The van der Waals surface area contributed by atoms with Gasteiger partial charge in [-0.1, -0.05) is 12.8 Å². The summed E-state index contributed by atoms with van der Waals surface area (Å²) in [5.74, 6) is 0.485. The lowest BCUT2D eigenvalue weighted by molar-refractivity contribution is 0.516. The van der Waals surface area contributed by atoms with Crippen molar-refractivity contribution in [2.24, 2.45) is 0 Å². The predicted molar refractivity (Wildman–Crippen MR) is 118 cm³/mol. The zero-order valence-corrected chi connectivity index (χ0v) is 17.2. The van der Waals surface area contributed by atoms with E-state index in [4.69, 9.17) is 4.98 Å². The normalized spacial score (nSPS) is 14.5. The van der Waals surface area contributed by atoms with Gasteiger partial charge in [0, 0.05) is 35.1 Å². The Hall–Kier alpha value is -3.48. The number of hydrogen-bond acceptors (Lipinski definition) is 5. The second kappa shape index (κ2) is 7.40. The van der Waals surface area contributed by atoms with Crippen LogP contribution >= 0.6 is 0 Å². The third kappa shape index (κ3) is 3.36. The Balaban J connectivity index is 1.46. The van der Waals surface area contributed by atoms with Crippen LogP contribution in [0.2, 0.25) is 0 Å². The van der Waals surface area contributed by atoms with Crippen LogP contribution < -0.4 is 10.9 Å². The van der Waals surface area contributed by atoms with Gasteiger partial charge in [0.1, 0.15) is 5.65 Å². The second-order valence-corrected chi connectivity index (χ2v) is 7.96. The van der Waals surface area contributed by atoms with Crippen LogP contribution in [0.4, 0.5) is 11.6 Å². The maximum absolute atomic E-state index is 12.6. The van der Waals surface area contributed by atoms with Crippen molar-refractivity contribution in [3.63, 3.8) is 0 Å². The lowest BCUT2D eigenvalue weighted by atomic mass is 10.2. The molecule has 3 heterocycles. The topological polar surface area (TPSA) is 77.6 Å². The Kier molecular flexibility index (Phi) is 4.58. The van der Waals surface area contributed by atoms with Crippen molar-refractivity contribution in [1.82, 2.24) is 24.3 Å². The summed E-state index contributed by atoms with van der Waals surface area (Å²) in [6, 6.07) is 13.7. The molecule has 1 aliphatic carbocycles. The molecule has 1 fully saturated rings. The molecule has 0 atom stereocenters. The summed E-state index contributed by atoms with van der Waals surface area (Å²) >= 11 is 0. The highest BCUT2D eigenvalue weighted by atomic mass is 16.1. The SMILES string of the molecule is Cc1cc(C)n(-c2ccc(Nc3ncc4ccc(=O)n(C5CCCC5)c4n3)cc2)n1. The van der Waals surface area contributed by atoms with Gasteiger partial charge in [-0.05, 0) is 63.1 Å². The summed E-state index contributed by atoms with van der Waals surface area (Å²) in [5, 5.41) is 8.67. The van der Waals surface area contributed by atoms with Gasteiger partial charge >= 0.3 is 0 Å². The van der Waals surface area contributed by atoms with E-state index in [2.05, 4.69) is 21.5 Å². The first-order valence-electron chi connectivity index (χ1n) is 10.4. The molecule has 0 aliphatic heterocycles. The van der Waals surface area contributed by atoms with E-state index >= 15 is 0 Å². The average Bonchev–Trinajstić information content (AvgIpc) is 3.38. The molecule has 0 unspecified atom stereocenters. The number of anilines is 2. The van der Waals surface area contributed by atoms with Crippen molar-refractivity contribution in [3.8, 4) is 5.69 Å². The quantitative estimate of drug-likeness (QED) is 0.547. The van der Waals surface area contributed by atoms with E-state index in [1.807, 2.05) is 47.4 Å². The zero-order valence-electron chi connectivity index (χ0n) is 17.2. The Labute approximate surface area is 174 Å². The molecule has 1 saturated carbocycles. The van der Waals surface area contributed by atoms with E-state index in [1.54, 1.807) is 18.3 Å². The molecule has 1 aromatic carbocycles. The first kappa shape index (κ1) is 18.5. The van der Waals surface area contributed by atoms with Crippen LogP contribution in [0.3, 0.4) is 0 Å². The molecular formula is C23H24N6O. The fourth-order valence-corrected chi connectivity index (χ4v) is 4.32. The van der Waals surface area contributed by atoms with Gasteiger partial charge in [-0.25, -0.2) is 9.67 Å². The van der Waals surface area contributed by atoms with Gasteiger partial charge in [0.15, 0.2) is 0 Å². The van der Waals surface area contributed by atoms with Gasteiger partial charge in [-0.2, -0.15) is 10.1 Å². The van der Waals surface area contributed by atoms with Crippen LogP contribution in [0.5, 0.6) is 0 Å². The standard InChI is InChI=1S/C23H24N6O/c1-15-13-16(2)29(27-15)20-10-8-18(9-11-20)25-23-24-14-17-7-12-21(30)28(22(17)26-23)19-5-3-4-6-19/h7-14,19H,3-6H2,1-2H3,(H,24,25,26). The molecule has 1 N–H and O–H groups in total. The number of hydrogen-bond donors (Lipinski definition) is 1. The first-order chi connectivity index (χ1) is 14.6. The third-order valence-electron chi connectivity index (χ3n) is 5.73. The minimum atomic E-state index is 0.00767. The lowest BCUT2D eigenvalue weighted by Crippen LogP contribution is -2.23. The first-order valence-corrected chi connectivity index (χ1v) is 10.4. The van der Waals surface area contributed by atoms with E-state index in [0.717, 1.165) is 53.8 Å². The fraction of sp³-hybridized carbons (Fsp3) is 0.304. The molecule has 0 saturated heterocycles. The highest BCUT2D eigenvalue weighted by Gasteiger charge is 2.20. The van der Waals surface area contributed by atoms with Crippen molar-refractivity contribution in [2.45, 2.75) is 45.6 Å². The number of nitrogens with zero attached hydrogens (tertiary/aromatic N) is 5. The molecule has 3 aromatic heterocycles. The van der Waals surface area contributed by atoms with Crippen LogP contribution in [0.25, 0.3) is 16.7 Å². The Morgan fingerprint density at radius 1 is 1.03 bits per heavy atom. The predicted octanol–water partition coefficient (Wildman–Crippen LogP) is 4.45. The molecule has 0 radical (unpaired) electrons. The van der Waals surface area contributed by atoms with Crippen molar-refractivity contribution >= 4 is 22.7 Å². The Morgan fingerprint density at radius 2 is 1.80 bits per heavy atom. The number of pyridine rings is 1. The number of benzene rings is 1. The van der Waals surface area contributed by atoms with Crippen molar-refractivity contribution in [2.75, 3.05) is 5.32 Å². The largest absolute Gasteiger partial charge is 0.324 e. The third-order valence-corrected chi connectivity index (χ3v) is 5.73. The molecular weight excluding hydrogens is 376 g/mol. The molecule has 152 valence electrons. The van der Waals surface area contributed by atoms with Crippen molar-refractivity contribution < 1.29 is 0 Å². The molecule has 1 aliphatic rings. The van der Waals surface area contributed by atoms with Gasteiger partial charge in [0.05, 0.1) is 11.4 Å². The van der Waals surface area contributed by atoms with E-state index in [-0.39, 0.29) is 11.6 Å². The van der Waals surface area contributed by atoms with Crippen molar-refractivity contribution in [3.05, 3.63) is 70.4 Å². The van der Waals surface area contributed by atoms with Crippen LogP contribution in [-0.2, 0) is 0 Å². The van der Waals surface area contributed by atoms with Gasteiger partial charge in [-0.15, -0.1) is 0 Å². The second-order valence-electron chi connectivity index (χ2n) is 7.96. The van der Waals surface area contributed by atoms with E-state index in [1.165, 1.54) is 0 Å². The van der Waals surface area contributed by atoms with Gasteiger partial charge in [0.2, 0.25) is 5.95 Å². The number of fused-ring (bicyclic) bond motifs is 1. The molecule has 5 rings (SSSR count). The van der Waals surface area contributed by atoms with Crippen molar-refractivity contribution in [1.29, 1.82) is 0 Å². The average molecular weight is 400 g/mol. The molecule has 30 heavy (non-hydrogen) atoms. The molecule has 0 amide bonds. The molecule has 4 aromatic rings. The molecule has 7 heteroatoms. The van der Waals surface area contributed by atoms with Crippen LogP contribution in [-0.4, -0.2) is 24.3 Å². The number of aromatic nitrogens is 5. The monoisotopic (exact) mass is 400 g/mol. The van der Waals surface area contributed by atoms with E-state index in [0.29, 0.717) is 11.6 Å².